The average Bonchev–Trinajstić information content (AvgIpc) is 3.09. The first-order valence-corrected chi connectivity index (χ1v) is 16.3. The first kappa shape index (κ1) is 28.2. The van der Waals surface area contributed by atoms with Gasteiger partial charge in [0.15, 0.2) is 0 Å². The number of ether oxygens (including phenoxy) is 1. The summed E-state index contributed by atoms with van der Waals surface area (Å²) in [6.07, 6.45) is 0. The van der Waals surface area contributed by atoms with Gasteiger partial charge in [-0.1, -0.05) is 140 Å². The molecule has 0 saturated heterocycles. The number of hydrogen-bond donors (Lipinski definition) is 0. The fraction of sp³-hybridized carbons (Fsp3) is 0.0513. The van der Waals surface area contributed by atoms with Crippen molar-refractivity contribution in [2.24, 2.45) is 9.74 Å². The molecule has 0 aliphatic rings. The average molecular weight is 577 g/mol. The molecule has 0 aromatic heterocycles. The van der Waals surface area contributed by atoms with Gasteiger partial charge in [0.1, 0.15) is 5.75 Å². The molecule has 0 spiro atoms. The minimum Gasteiger partial charge on any atom is -0.494 e. The highest BCUT2D eigenvalue weighted by Gasteiger charge is 2.28. The molecule has 0 aliphatic carbocycles. The van der Waals surface area contributed by atoms with Crippen LogP contribution >= 0.6 is 7.05 Å². The van der Waals surface area contributed by atoms with Crippen molar-refractivity contribution in [3.05, 3.63) is 181 Å². The number of benzene rings is 6. The van der Waals surface area contributed by atoms with E-state index in [4.69, 9.17) is 14.5 Å². The Morgan fingerprint density at radius 1 is 0.535 bits per heavy atom. The molecule has 6 aromatic carbocycles. The van der Waals surface area contributed by atoms with Crippen LogP contribution in [0.25, 0.3) is 0 Å². The monoisotopic (exact) mass is 576 g/mol. The Morgan fingerprint density at radius 3 is 1.51 bits per heavy atom. The van der Waals surface area contributed by atoms with E-state index in [1.54, 1.807) is 0 Å². The van der Waals surface area contributed by atoms with Crippen molar-refractivity contribution in [2.45, 2.75) is 6.92 Å². The van der Waals surface area contributed by atoms with Crippen molar-refractivity contribution in [2.75, 3.05) is 6.61 Å². The second-order valence-electron chi connectivity index (χ2n) is 10.0. The Morgan fingerprint density at radius 2 is 1.00 bits per heavy atom. The van der Waals surface area contributed by atoms with Crippen molar-refractivity contribution >= 4 is 40.1 Å². The molecule has 43 heavy (non-hydrogen) atoms. The van der Waals surface area contributed by atoms with Crippen molar-refractivity contribution in [1.82, 2.24) is 0 Å². The summed E-state index contributed by atoms with van der Waals surface area (Å²) >= 11 is 0. The van der Waals surface area contributed by atoms with Crippen LogP contribution in [0.4, 0.5) is 11.4 Å². The second kappa shape index (κ2) is 13.3. The molecule has 0 bridgehead atoms. The van der Waals surface area contributed by atoms with Gasteiger partial charge in [0.25, 0.3) is 0 Å². The summed E-state index contributed by atoms with van der Waals surface area (Å²) in [5, 5.41) is 3.60. The molecule has 4 heteroatoms. The van der Waals surface area contributed by atoms with Gasteiger partial charge in [-0.3, -0.25) is 4.74 Å². The fourth-order valence-electron chi connectivity index (χ4n) is 5.26. The molecular formula is C39H33N2OP. The highest BCUT2D eigenvalue weighted by Crippen LogP contribution is 2.50. The lowest BCUT2D eigenvalue weighted by Gasteiger charge is -2.27. The van der Waals surface area contributed by atoms with Crippen molar-refractivity contribution in [1.29, 1.82) is 0 Å². The Hall–Kier alpha value is -4.98. The molecule has 3 nitrogen and oxygen atoms in total. The number of rotatable bonds is 9. The topological polar surface area (TPSA) is 34.0 Å². The van der Waals surface area contributed by atoms with Crippen LogP contribution in [-0.4, -0.2) is 12.3 Å². The first-order valence-electron chi connectivity index (χ1n) is 14.5. The Labute approximate surface area is 254 Å². The highest BCUT2D eigenvalue weighted by molar-refractivity contribution is 7.87. The minimum absolute atomic E-state index is 0.627. The van der Waals surface area contributed by atoms with Crippen molar-refractivity contribution in [3.63, 3.8) is 0 Å². The minimum atomic E-state index is -2.48. The summed E-state index contributed by atoms with van der Waals surface area (Å²) in [6.45, 7) is 2.62. The molecule has 6 aromatic rings. The van der Waals surface area contributed by atoms with Crippen LogP contribution in [0.5, 0.6) is 5.75 Å². The van der Waals surface area contributed by atoms with E-state index in [-0.39, 0.29) is 0 Å². The van der Waals surface area contributed by atoms with E-state index < -0.39 is 7.05 Å². The van der Waals surface area contributed by atoms with E-state index in [1.165, 1.54) is 15.9 Å². The zero-order valence-electron chi connectivity index (χ0n) is 24.1. The second-order valence-corrected chi connectivity index (χ2v) is 13.0. The molecule has 0 radical (unpaired) electrons. The van der Waals surface area contributed by atoms with Gasteiger partial charge in [-0.05, 0) is 37.3 Å². The SMILES string of the molecule is CCOc1ccc(N=C(c2ccccc2)c2ccccc2N=P(c2ccccc2)(c2ccccc2)c2ccccc2)cc1. The lowest BCUT2D eigenvalue weighted by molar-refractivity contribution is 0.340. The predicted octanol–water partition coefficient (Wildman–Crippen LogP) is 9.06. The molecule has 6 rings (SSSR count). The molecule has 0 heterocycles. The predicted molar refractivity (Wildman–Crippen MR) is 183 cm³/mol. The van der Waals surface area contributed by atoms with Gasteiger partial charge < -0.3 is 4.74 Å². The fourth-order valence-corrected chi connectivity index (χ4v) is 8.81. The third-order valence-corrected chi connectivity index (χ3v) is 10.9. The highest BCUT2D eigenvalue weighted by atomic mass is 31.2. The van der Waals surface area contributed by atoms with Gasteiger partial charge in [0.2, 0.25) is 0 Å². The zero-order chi connectivity index (χ0) is 29.3. The summed E-state index contributed by atoms with van der Waals surface area (Å²) in [5.74, 6) is 0.835. The zero-order valence-corrected chi connectivity index (χ0v) is 25.0. The Kier molecular flexibility index (Phi) is 8.73. The van der Waals surface area contributed by atoms with Crippen LogP contribution in [0.1, 0.15) is 18.1 Å². The molecule has 0 saturated carbocycles. The van der Waals surface area contributed by atoms with Crippen molar-refractivity contribution in [3.8, 4) is 5.75 Å². The van der Waals surface area contributed by atoms with Crippen LogP contribution in [0, 0.1) is 0 Å². The Bertz CT molecular complexity index is 1750. The van der Waals surface area contributed by atoms with E-state index in [2.05, 4.69) is 140 Å². The number of hydrogen-bond acceptors (Lipinski definition) is 3. The van der Waals surface area contributed by atoms with Gasteiger partial charge in [0, 0.05) is 27.0 Å². The maximum Gasteiger partial charge on any atom is 0.119 e. The Balaban J connectivity index is 1.65. The molecule has 0 fully saturated rings. The van der Waals surface area contributed by atoms with Crippen LogP contribution in [0.15, 0.2) is 180 Å². The molecular weight excluding hydrogens is 543 g/mol. The van der Waals surface area contributed by atoms with E-state index in [0.717, 1.165) is 34.0 Å². The van der Waals surface area contributed by atoms with Gasteiger partial charge in [0.05, 0.1) is 30.7 Å². The third-order valence-electron chi connectivity index (χ3n) is 7.24. The lowest BCUT2D eigenvalue weighted by Crippen LogP contribution is -2.25. The van der Waals surface area contributed by atoms with Crippen LogP contribution in [0.3, 0.4) is 0 Å². The normalized spacial score (nSPS) is 11.6. The number of nitrogens with zero attached hydrogens (tertiary/aromatic N) is 2. The summed E-state index contributed by atoms with van der Waals surface area (Å²) in [5.41, 5.74) is 4.64. The first-order chi connectivity index (χ1) is 21.3. The standard InChI is InChI=1S/C39H33N2OP/c1-2-42-33-29-27-32(28-30-33)40-39(31-17-7-3-8-18-31)37-25-15-16-26-38(37)41-43(34-19-9-4-10-20-34,35-21-11-5-12-22-35)36-23-13-6-14-24-36/h3-30H,2H2,1H3. The lowest BCUT2D eigenvalue weighted by atomic mass is 10.0. The summed E-state index contributed by atoms with van der Waals surface area (Å²) in [6, 6.07) is 58.9. The van der Waals surface area contributed by atoms with Gasteiger partial charge in [-0.2, -0.15) is 0 Å². The summed E-state index contributed by atoms with van der Waals surface area (Å²) in [7, 11) is -2.48. The van der Waals surface area contributed by atoms with Crippen molar-refractivity contribution < 1.29 is 4.74 Å². The molecule has 0 unspecified atom stereocenters. The molecule has 0 amide bonds. The third kappa shape index (κ3) is 6.14. The van der Waals surface area contributed by atoms with Gasteiger partial charge in [-0.15, -0.1) is 0 Å². The smallest absolute Gasteiger partial charge is 0.119 e. The van der Waals surface area contributed by atoms with Crippen LogP contribution in [-0.2, 0) is 0 Å². The van der Waals surface area contributed by atoms with E-state index >= 15 is 0 Å². The van der Waals surface area contributed by atoms with Gasteiger partial charge >= 0.3 is 0 Å². The quantitative estimate of drug-likeness (QED) is 0.125. The molecule has 0 N–H and O–H groups in total. The van der Waals surface area contributed by atoms with E-state index in [1.807, 2.05) is 37.3 Å². The van der Waals surface area contributed by atoms with Crippen LogP contribution < -0.4 is 20.7 Å². The van der Waals surface area contributed by atoms with Crippen LogP contribution in [0.2, 0.25) is 0 Å². The molecule has 0 aliphatic heterocycles. The number of aliphatic imine (C=N–C) groups is 1. The summed E-state index contributed by atoms with van der Waals surface area (Å²) in [4.78, 5) is 5.22. The van der Waals surface area contributed by atoms with Gasteiger partial charge in [-0.25, -0.2) is 4.99 Å². The molecule has 210 valence electrons. The summed E-state index contributed by atoms with van der Waals surface area (Å²) < 4.78 is 11.5. The molecule has 0 atom stereocenters. The van der Waals surface area contributed by atoms with E-state index in [0.29, 0.717) is 6.61 Å². The largest absolute Gasteiger partial charge is 0.494 e. The maximum absolute atomic E-state index is 5.84. The van der Waals surface area contributed by atoms with E-state index in [9.17, 15) is 0 Å². The maximum atomic E-state index is 5.84.